The molecule has 0 bridgehead atoms. The van der Waals surface area contributed by atoms with Crippen LogP contribution in [0.25, 0.3) is 0 Å². The van der Waals surface area contributed by atoms with Gasteiger partial charge in [0, 0.05) is 0 Å². The van der Waals surface area contributed by atoms with Crippen molar-refractivity contribution in [1.82, 2.24) is 0 Å². The highest BCUT2D eigenvalue weighted by molar-refractivity contribution is 7.99. The van der Waals surface area contributed by atoms with Gasteiger partial charge in [0.1, 0.15) is 12.1 Å². The topological polar surface area (TPSA) is 52.3 Å². The summed E-state index contributed by atoms with van der Waals surface area (Å²) in [6.07, 6.45) is -0.195. The van der Waals surface area contributed by atoms with E-state index in [1.807, 2.05) is 36.9 Å². The highest BCUT2D eigenvalue weighted by Crippen LogP contribution is 2.34. The minimum atomic E-state index is -0.580. The lowest BCUT2D eigenvalue weighted by Gasteiger charge is -2.25. The van der Waals surface area contributed by atoms with Crippen LogP contribution in [0.1, 0.15) is 38.5 Å². The van der Waals surface area contributed by atoms with Gasteiger partial charge in [-0.1, -0.05) is 44.2 Å². The van der Waals surface area contributed by atoms with E-state index in [0.717, 1.165) is 5.75 Å². The summed E-state index contributed by atoms with van der Waals surface area (Å²) >= 11 is 1.83. The zero-order valence-corrected chi connectivity index (χ0v) is 13.5. The predicted molar refractivity (Wildman–Crippen MR) is 85.7 cm³/mol. The fourth-order valence-electron chi connectivity index (χ4n) is 1.79. The number of hydrogen-bond acceptors (Lipinski definition) is 4. The normalized spacial score (nSPS) is 15.7. The predicted octanol–water partition coefficient (Wildman–Crippen LogP) is 3.40. The van der Waals surface area contributed by atoms with Gasteiger partial charge in [-0.05, 0) is 31.1 Å². The molecule has 0 heterocycles. The van der Waals surface area contributed by atoms with Gasteiger partial charge in [-0.3, -0.25) is 4.79 Å². The van der Waals surface area contributed by atoms with Crippen LogP contribution in [0.3, 0.4) is 0 Å². The fourth-order valence-corrected chi connectivity index (χ4v) is 3.06. The van der Waals surface area contributed by atoms with Crippen molar-refractivity contribution in [2.75, 3.05) is 5.75 Å². The molecule has 4 heteroatoms. The number of benzene rings is 1. The van der Waals surface area contributed by atoms with E-state index >= 15 is 0 Å². The second-order valence-electron chi connectivity index (χ2n) is 5.49. The zero-order valence-electron chi connectivity index (χ0n) is 12.7. The second-order valence-corrected chi connectivity index (χ2v) is 6.66. The quantitative estimate of drug-likeness (QED) is 0.783. The molecule has 0 aliphatic carbocycles. The van der Waals surface area contributed by atoms with Crippen LogP contribution in [-0.2, 0) is 9.53 Å². The molecule has 0 aliphatic rings. The standard InChI is InChI=1S/C16H25NO2S/c1-11(2)10-20-15(14-8-6-5-7-9-14)13(4)19-16(18)12(3)17/h5-9,11-13,15H,10,17H2,1-4H3/t12-,13-,15-/m0/s1. The smallest absolute Gasteiger partial charge is 0.322 e. The molecule has 0 amide bonds. The Labute approximate surface area is 126 Å². The number of rotatable bonds is 7. The van der Waals surface area contributed by atoms with Crippen LogP contribution >= 0.6 is 11.8 Å². The number of hydrogen-bond donors (Lipinski definition) is 1. The third-order valence-corrected chi connectivity index (χ3v) is 4.71. The zero-order chi connectivity index (χ0) is 15.1. The van der Waals surface area contributed by atoms with Crippen molar-refractivity contribution in [1.29, 1.82) is 0 Å². The van der Waals surface area contributed by atoms with Crippen LogP contribution < -0.4 is 5.73 Å². The Kier molecular flexibility index (Phi) is 7.10. The molecule has 3 nitrogen and oxygen atoms in total. The summed E-state index contributed by atoms with van der Waals surface area (Å²) in [7, 11) is 0. The molecular formula is C16H25NO2S. The first-order chi connectivity index (χ1) is 9.41. The van der Waals surface area contributed by atoms with Crippen molar-refractivity contribution in [2.45, 2.75) is 45.1 Å². The van der Waals surface area contributed by atoms with Crippen molar-refractivity contribution < 1.29 is 9.53 Å². The van der Waals surface area contributed by atoms with E-state index in [1.165, 1.54) is 5.56 Å². The SMILES string of the molecule is CC(C)CS[C@H](c1ccccc1)[C@H](C)OC(=O)[C@H](C)N. The maximum Gasteiger partial charge on any atom is 0.322 e. The average molecular weight is 295 g/mol. The largest absolute Gasteiger partial charge is 0.460 e. The summed E-state index contributed by atoms with van der Waals surface area (Å²) in [6, 6.07) is 9.59. The molecule has 0 saturated carbocycles. The van der Waals surface area contributed by atoms with E-state index in [9.17, 15) is 4.79 Å². The van der Waals surface area contributed by atoms with Gasteiger partial charge < -0.3 is 10.5 Å². The summed E-state index contributed by atoms with van der Waals surface area (Å²) < 4.78 is 5.48. The number of carbonyl (C=O) groups excluding carboxylic acids is 1. The van der Waals surface area contributed by atoms with Crippen LogP contribution in [0, 0.1) is 5.92 Å². The lowest BCUT2D eigenvalue weighted by molar-refractivity contribution is -0.149. The first-order valence-electron chi connectivity index (χ1n) is 7.04. The Bertz CT molecular complexity index is 406. The van der Waals surface area contributed by atoms with Crippen LogP contribution in [0.4, 0.5) is 0 Å². The van der Waals surface area contributed by atoms with Crippen molar-refractivity contribution in [3.05, 3.63) is 35.9 Å². The minimum absolute atomic E-state index is 0.140. The highest BCUT2D eigenvalue weighted by Gasteiger charge is 2.24. The van der Waals surface area contributed by atoms with Gasteiger partial charge in [0.05, 0.1) is 5.25 Å². The first kappa shape index (κ1) is 17.1. The Morgan fingerprint density at radius 3 is 2.30 bits per heavy atom. The number of carbonyl (C=O) groups is 1. The van der Waals surface area contributed by atoms with Crippen molar-refractivity contribution in [3.8, 4) is 0 Å². The van der Waals surface area contributed by atoms with E-state index in [0.29, 0.717) is 5.92 Å². The summed E-state index contributed by atoms with van der Waals surface area (Å²) in [5.74, 6) is 1.28. The number of ether oxygens (including phenoxy) is 1. The third kappa shape index (κ3) is 5.55. The lowest BCUT2D eigenvalue weighted by Crippen LogP contribution is -2.33. The number of nitrogens with two attached hydrogens (primary N) is 1. The number of esters is 1. The van der Waals surface area contributed by atoms with E-state index in [1.54, 1.807) is 6.92 Å². The Hall–Kier alpha value is -1.00. The summed E-state index contributed by atoms with van der Waals surface area (Å²) in [5, 5.41) is 0.140. The summed E-state index contributed by atoms with van der Waals surface area (Å²) in [5.41, 5.74) is 6.75. The number of thioether (sulfide) groups is 1. The molecule has 1 rings (SSSR count). The van der Waals surface area contributed by atoms with Crippen LogP contribution in [0.5, 0.6) is 0 Å². The van der Waals surface area contributed by atoms with Gasteiger partial charge >= 0.3 is 5.97 Å². The molecule has 0 radical (unpaired) electrons. The molecule has 1 aromatic rings. The monoisotopic (exact) mass is 295 g/mol. The van der Waals surface area contributed by atoms with Gasteiger partial charge in [0.2, 0.25) is 0 Å². The molecule has 3 atom stereocenters. The van der Waals surface area contributed by atoms with Crippen LogP contribution in [-0.4, -0.2) is 23.9 Å². The van der Waals surface area contributed by atoms with Gasteiger partial charge in [-0.15, -0.1) is 11.8 Å². The molecule has 112 valence electrons. The molecule has 20 heavy (non-hydrogen) atoms. The van der Waals surface area contributed by atoms with Gasteiger partial charge in [0.15, 0.2) is 0 Å². The van der Waals surface area contributed by atoms with Gasteiger partial charge in [-0.25, -0.2) is 0 Å². The molecule has 0 spiro atoms. The van der Waals surface area contributed by atoms with E-state index < -0.39 is 6.04 Å². The minimum Gasteiger partial charge on any atom is -0.460 e. The van der Waals surface area contributed by atoms with E-state index in [2.05, 4.69) is 26.0 Å². The molecular weight excluding hydrogens is 270 g/mol. The molecule has 1 aromatic carbocycles. The van der Waals surface area contributed by atoms with Gasteiger partial charge in [0.25, 0.3) is 0 Å². The van der Waals surface area contributed by atoms with E-state index in [4.69, 9.17) is 10.5 Å². The Balaban J connectivity index is 2.79. The van der Waals surface area contributed by atoms with Crippen molar-refractivity contribution in [3.63, 3.8) is 0 Å². The third-order valence-electron chi connectivity index (χ3n) is 2.84. The molecule has 0 unspecified atom stereocenters. The Morgan fingerprint density at radius 2 is 1.80 bits per heavy atom. The lowest BCUT2D eigenvalue weighted by atomic mass is 10.1. The maximum atomic E-state index is 11.7. The molecule has 0 fully saturated rings. The van der Waals surface area contributed by atoms with Crippen molar-refractivity contribution in [2.24, 2.45) is 11.7 Å². The summed E-state index contributed by atoms with van der Waals surface area (Å²) in [6.45, 7) is 7.96. The highest BCUT2D eigenvalue weighted by atomic mass is 32.2. The van der Waals surface area contributed by atoms with Crippen LogP contribution in [0.2, 0.25) is 0 Å². The fraction of sp³-hybridized carbons (Fsp3) is 0.562. The molecule has 2 N–H and O–H groups in total. The molecule has 0 saturated heterocycles. The second kappa shape index (κ2) is 8.32. The van der Waals surface area contributed by atoms with Crippen molar-refractivity contribution >= 4 is 17.7 Å². The average Bonchev–Trinajstić information content (AvgIpc) is 2.39. The van der Waals surface area contributed by atoms with Crippen LogP contribution in [0.15, 0.2) is 30.3 Å². The Morgan fingerprint density at radius 1 is 1.20 bits per heavy atom. The first-order valence-corrected chi connectivity index (χ1v) is 8.09. The molecule has 0 aliphatic heterocycles. The summed E-state index contributed by atoms with van der Waals surface area (Å²) in [4.78, 5) is 11.7. The molecule has 0 aromatic heterocycles. The van der Waals surface area contributed by atoms with Gasteiger partial charge in [-0.2, -0.15) is 0 Å². The maximum absolute atomic E-state index is 11.7. The van der Waals surface area contributed by atoms with E-state index in [-0.39, 0.29) is 17.3 Å².